The number of hydrogen-bond donors (Lipinski definition) is 1. The van der Waals surface area contributed by atoms with Gasteiger partial charge in [0, 0.05) is 25.5 Å². The minimum Gasteiger partial charge on any atom is -0.365 e. The summed E-state index contributed by atoms with van der Waals surface area (Å²) in [4.78, 5) is 17.0. The van der Waals surface area contributed by atoms with Crippen LogP contribution in [0.2, 0.25) is 0 Å². The summed E-state index contributed by atoms with van der Waals surface area (Å²) in [6, 6.07) is 12.4. The van der Waals surface area contributed by atoms with Gasteiger partial charge in [-0.2, -0.15) is 0 Å². The molecule has 1 N–H and O–H groups in total. The summed E-state index contributed by atoms with van der Waals surface area (Å²) in [5, 5.41) is 0. The Morgan fingerprint density at radius 3 is 2.33 bits per heavy atom. The van der Waals surface area contributed by atoms with Gasteiger partial charge in [-0.3, -0.25) is 4.79 Å². The first kappa shape index (κ1) is 15.4. The van der Waals surface area contributed by atoms with Gasteiger partial charge in [0.2, 0.25) is 5.91 Å². The number of H-pyrrole nitrogens is 1. The van der Waals surface area contributed by atoms with Gasteiger partial charge in [0.25, 0.3) is 0 Å². The van der Waals surface area contributed by atoms with Crippen molar-refractivity contribution in [1.29, 1.82) is 0 Å². The first-order valence-electron chi connectivity index (χ1n) is 7.32. The summed E-state index contributed by atoms with van der Waals surface area (Å²) < 4.78 is 0. The molecule has 3 nitrogen and oxygen atoms in total. The highest BCUT2D eigenvalue weighted by Crippen LogP contribution is 2.22. The van der Waals surface area contributed by atoms with Crippen LogP contribution >= 0.6 is 0 Å². The molecule has 0 atom stereocenters. The Labute approximate surface area is 127 Å². The maximum Gasteiger partial charge on any atom is 0.228 e. The topological polar surface area (TPSA) is 36.1 Å². The fourth-order valence-electron chi connectivity index (χ4n) is 2.25. The largest absolute Gasteiger partial charge is 0.365 e. The van der Waals surface area contributed by atoms with Crippen LogP contribution in [0.15, 0.2) is 42.6 Å². The number of carbonyl (C=O) groups is 1. The second-order valence-electron chi connectivity index (χ2n) is 6.57. The van der Waals surface area contributed by atoms with E-state index in [0.29, 0.717) is 13.0 Å². The van der Waals surface area contributed by atoms with Crippen LogP contribution in [-0.2, 0) is 23.2 Å². The van der Waals surface area contributed by atoms with Gasteiger partial charge < -0.3 is 9.88 Å². The Morgan fingerprint density at radius 2 is 1.81 bits per heavy atom. The van der Waals surface area contributed by atoms with Gasteiger partial charge >= 0.3 is 0 Å². The molecule has 0 spiro atoms. The van der Waals surface area contributed by atoms with Crippen LogP contribution < -0.4 is 0 Å². The Morgan fingerprint density at radius 1 is 1.14 bits per heavy atom. The molecule has 2 aromatic rings. The zero-order valence-corrected chi connectivity index (χ0v) is 13.3. The third-order valence-corrected chi connectivity index (χ3v) is 3.67. The molecule has 1 aromatic carbocycles. The van der Waals surface area contributed by atoms with Crippen molar-refractivity contribution >= 4 is 5.91 Å². The molecule has 1 heterocycles. The first-order valence-corrected chi connectivity index (χ1v) is 7.32. The quantitative estimate of drug-likeness (QED) is 0.916. The average Bonchev–Trinajstić information content (AvgIpc) is 2.91. The number of nitrogens with zero attached hydrogens (tertiary/aromatic N) is 1. The maximum atomic E-state index is 12.1. The molecular formula is C18H24N2O. The third kappa shape index (κ3) is 4.22. The first-order chi connectivity index (χ1) is 9.86. The van der Waals surface area contributed by atoms with Crippen molar-refractivity contribution in [3.63, 3.8) is 0 Å². The van der Waals surface area contributed by atoms with E-state index < -0.39 is 0 Å². The van der Waals surface area contributed by atoms with Crippen molar-refractivity contribution in [2.24, 2.45) is 0 Å². The van der Waals surface area contributed by atoms with E-state index in [4.69, 9.17) is 0 Å². The number of hydrogen-bond acceptors (Lipinski definition) is 1. The van der Waals surface area contributed by atoms with Crippen LogP contribution in [-0.4, -0.2) is 22.8 Å². The molecule has 0 fully saturated rings. The number of benzene rings is 1. The number of carbonyl (C=O) groups excluding carboxylic acids is 1. The molecule has 0 radical (unpaired) electrons. The molecule has 0 saturated carbocycles. The monoisotopic (exact) mass is 284 g/mol. The highest BCUT2D eigenvalue weighted by molar-refractivity contribution is 5.78. The molecule has 1 amide bonds. The minimum absolute atomic E-state index is 0.123. The summed E-state index contributed by atoms with van der Waals surface area (Å²) in [6.45, 7) is 7.25. The van der Waals surface area contributed by atoms with E-state index in [1.807, 2.05) is 25.4 Å². The molecule has 0 aliphatic heterocycles. The minimum atomic E-state index is 0.123. The van der Waals surface area contributed by atoms with Crippen LogP contribution in [0.25, 0.3) is 0 Å². The van der Waals surface area contributed by atoms with E-state index in [9.17, 15) is 4.79 Å². The molecular weight excluding hydrogens is 260 g/mol. The Bertz CT molecular complexity index is 577. The molecule has 0 saturated heterocycles. The van der Waals surface area contributed by atoms with E-state index >= 15 is 0 Å². The van der Waals surface area contributed by atoms with Crippen LogP contribution in [0.1, 0.15) is 37.6 Å². The van der Waals surface area contributed by atoms with E-state index in [0.717, 1.165) is 11.3 Å². The van der Waals surface area contributed by atoms with Gasteiger partial charge in [0.1, 0.15) is 0 Å². The van der Waals surface area contributed by atoms with Crippen molar-refractivity contribution in [2.45, 2.75) is 39.2 Å². The zero-order valence-electron chi connectivity index (χ0n) is 13.3. The predicted molar refractivity (Wildman–Crippen MR) is 86.1 cm³/mol. The van der Waals surface area contributed by atoms with Crippen LogP contribution in [0.3, 0.4) is 0 Å². The van der Waals surface area contributed by atoms with E-state index in [1.54, 1.807) is 4.90 Å². The molecule has 0 unspecified atom stereocenters. The summed E-state index contributed by atoms with van der Waals surface area (Å²) in [5.41, 5.74) is 3.58. The van der Waals surface area contributed by atoms with E-state index in [2.05, 4.69) is 50.0 Å². The second kappa shape index (κ2) is 6.17. The van der Waals surface area contributed by atoms with Gasteiger partial charge in [0.05, 0.1) is 6.42 Å². The molecule has 3 heteroatoms. The number of likely N-dealkylation sites (N-methyl/N-ethyl adjacent to an activating group) is 1. The van der Waals surface area contributed by atoms with E-state index in [1.165, 1.54) is 5.56 Å². The number of aromatic nitrogens is 1. The average molecular weight is 284 g/mol. The van der Waals surface area contributed by atoms with Crippen molar-refractivity contribution in [2.75, 3.05) is 7.05 Å². The fourth-order valence-corrected chi connectivity index (χ4v) is 2.25. The third-order valence-electron chi connectivity index (χ3n) is 3.67. The van der Waals surface area contributed by atoms with Crippen molar-refractivity contribution in [1.82, 2.24) is 9.88 Å². The molecule has 1 aromatic heterocycles. The van der Waals surface area contributed by atoms with Gasteiger partial charge in [-0.15, -0.1) is 0 Å². The predicted octanol–water partition coefficient (Wildman–Crippen LogP) is 3.51. The van der Waals surface area contributed by atoms with Crippen molar-refractivity contribution in [3.05, 3.63) is 59.4 Å². The number of nitrogens with one attached hydrogen (secondary N) is 1. The number of amides is 1. The lowest BCUT2D eigenvalue weighted by Gasteiger charge is -2.21. The highest BCUT2D eigenvalue weighted by Gasteiger charge is 2.14. The highest BCUT2D eigenvalue weighted by atomic mass is 16.2. The van der Waals surface area contributed by atoms with Crippen LogP contribution in [0, 0.1) is 0 Å². The van der Waals surface area contributed by atoms with E-state index in [-0.39, 0.29) is 11.3 Å². The lowest BCUT2D eigenvalue weighted by Crippen LogP contribution is -2.27. The SMILES string of the molecule is CN(Cc1ccc(C(C)(C)C)cc1)C(=O)Cc1ccc[nH]1. The Balaban J connectivity index is 1.96. The summed E-state index contributed by atoms with van der Waals surface area (Å²) in [5.74, 6) is 0.123. The normalized spacial score (nSPS) is 11.4. The molecule has 0 aliphatic carbocycles. The molecule has 0 bridgehead atoms. The van der Waals surface area contributed by atoms with Gasteiger partial charge in [-0.1, -0.05) is 45.0 Å². The number of rotatable bonds is 4. The van der Waals surface area contributed by atoms with Gasteiger partial charge in [-0.25, -0.2) is 0 Å². The molecule has 0 aliphatic rings. The van der Waals surface area contributed by atoms with Crippen molar-refractivity contribution < 1.29 is 4.79 Å². The van der Waals surface area contributed by atoms with Crippen LogP contribution in [0.5, 0.6) is 0 Å². The maximum absolute atomic E-state index is 12.1. The molecule has 21 heavy (non-hydrogen) atoms. The van der Waals surface area contributed by atoms with Crippen LogP contribution in [0.4, 0.5) is 0 Å². The lowest BCUT2D eigenvalue weighted by molar-refractivity contribution is -0.129. The summed E-state index contributed by atoms with van der Waals surface area (Å²) >= 11 is 0. The van der Waals surface area contributed by atoms with Gasteiger partial charge in [0.15, 0.2) is 0 Å². The standard InChI is InChI=1S/C18H24N2O/c1-18(2,3)15-9-7-14(8-10-15)13-20(4)17(21)12-16-6-5-11-19-16/h5-11,19H,12-13H2,1-4H3. The lowest BCUT2D eigenvalue weighted by atomic mass is 9.87. The Hall–Kier alpha value is -2.03. The fraction of sp³-hybridized carbons (Fsp3) is 0.389. The summed E-state index contributed by atoms with van der Waals surface area (Å²) in [6.07, 6.45) is 2.26. The summed E-state index contributed by atoms with van der Waals surface area (Å²) in [7, 11) is 1.85. The van der Waals surface area contributed by atoms with Gasteiger partial charge in [-0.05, 0) is 28.7 Å². The molecule has 2 rings (SSSR count). The number of aromatic amines is 1. The van der Waals surface area contributed by atoms with Crippen molar-refractivity contribution in [3.8, 4) is 0 Å². The zero-order chi connectivity index (χ0) is 15.5. The Kier molecular flexibility index (Phi) is 4.51. The smallest absolute Gasteiger partial charge is 0.228 e. The molecule has 112 valence electrons. The second-order valence-corrected chi connectivity index (χ2v) is 6.57.